The van der Waals surface area contributed by atoms with E-state index in [9.17, 15) is 14.0 Å². The molecule has 1 aliphatic heterocycles. The molecule has 1 aromatic carbocycles. The summed E-state index contributed by atoms with van der Waals surface area (Å²) in [6.07, 6.45) is -0.366. The Morgan fingerprint density at radius 2 is 1.80 bits per heavy atom. The number of aromatic nitrogens is 1. The summed E-state index contributed by atoms with van der Waals surface area (Å²) in [5.74, 6) is -0.215. The Labute approximate surface area is 143 Å². The van der Waals surface area contributed by atoms with Crippen molar-refractivity contribution in [3.05, 3.63) is 41.8 Å². The van der Waals surface area contributed by atoms with Crippen molar-refractivity contribution in [3.63, 3.8) is 0 Å². The molecule has 0 unspecified atom stereocenters. The van der Waals surface area contributed by atoms with Crippen LogP contribution in [-0.2, 0) is 4.74 Å². The molecule has 0 N–H and O–H groups in total. The van der Waals surface area contributed by atoms with Gasteiger partial charge in [-0.25, -0.2) is 9.18 Å². The van der Waals surface area contributed by atoms with Gasteiger partial charge in [0.1, 0.15) is 5.82 Å². The van der Waals surface area contributed by atoms with E-state index in [4.69, 9.17) is 9.26 Å². The maximum Gasteiger partial charge on any atom is 0.409 e. The number of carbonyl (C=O) groups is 2. The first kappa shape index (κ1) is 16.9. The number of halogens is 1. The molecular weight excluding hydrogens is 329 g/mol. The first-order chi connectivity index (χ1) is 12.1. The predicted octanol–water partition coefficient (Wildman–Crippen LogP) is 2.40. The fraction of sp³-hybridized carbons (Fsp3) is 0.353. The zero-order chi connectivity index (χ0) is 17.8. The van der Waals surface area contributed by atoms with Crippen LogP contribution in [0.4, 0.5) is 9.18 Å². The van der Waals surface area contributed by atoms with Gasteiger partial charge >= 0.3 is 6.09 Å². The summed E-state index contributed by atoms with van der Waals surface area (Å²) < 4.78 is 23.1. The van der Waals surface area contributed by atoms with E-state index in [1.165, 1.54) is 18.2 Å². The normalized spacial score (nSPS) is 14.5. The van der Waals surface area contributed by atoms with Crippen LogP contribution >= 0.6 is 0 Å². The van der Waals surface area contributed by atoms with Crippen LogP contribution in [-0.4, -0.2) is 59.7 Å². The van der Waals surface area contributed by atoms with Gasteiger partial charge in [0.2, 0.25) is 0 Å². The van der Waals surface area contributed by atoms with Gasteiger partial charge in [0.15, 0.2) is 11.5 Å². The Morgan fingerprint density at radius 1 is 1.16 bits per heavy atom. The van der Waals surface area contributed by atoms with Gasteiger partial charge in [0.05, 0.1) is 6.61 Å². The van der Waals surface area contributed by atoms with Crippen LogP contribution in [0.15, 0.2) is 34.9 Å². The highest BCUT2D eigenvalue weighted by molar-refractivity contribution is 5.93. The van der Waals surface area contributed by atoms with Crippen molar-refractivity contribution < 1.29 is 23.2 Å². The van der Waals surface area contributed by atoms with E-state index < -0.39 is 0 Å². The summed E-state index contributed by atoms with van der Waals surface area (Å²) in [6, 6.07) is 7.28. The molecule has 0 aliphatic carbocycles. The number of benzene rings is 1. The third kappa shape index (κ3) is 3.78. The lowest BCUT2D eigenvalue weighted by Gasteiger charge is -2.33. The minimum atomic E-state index is -0.366. The van der Waals surface area contributed by atoms with Crippen LogP contribution in [0.1, 0.15) is 17.4 Å². The number of nitrogens with zero attached hydrogens (tertiary/aromatic N) is 3. The number of hydrogen-bond donors (Lipinski definition) is 0. The average Bonchev–Trinajstić information content (AvgIpc) is 3.12. The maximum absolute atomic E-state index is 13.0. The van der Waals surface area contributed by atoms with Gasteiger partial charge in [0.25, 0.3) is 5.91 Å². The van der Waals surface area contributed by atoms with Gasteiger partial charge < -0.3 is 19.1 Å². The minimum absolute atomic E-state index is 0.184. The van der Waals surface area contributed by atoms with Crippen molar-refractivity contribution in [1.82, 2.24) is 15.0 Å². The second-order valence-corrected chi connectivity index (χ2v) is 5.56. The van der Waals surface area contributed by atoms with E-state index in [-0.39, 0.29) is 23.5 Å². The second-order valence-electron chi connectivity index (χ2n) is 5.56. The second kappa shape index (κ2) is 7.33. The smallest absolute Gasteiger partial charge is 0.409 e. The summed E-state index contributed by atoms with van der Waals surface area (Å²) in [4.78, 5) is 27.4. The number of ether oxygens (including phenoxy) is 1. The van der Waals surface area contributed by atoms with Crippen molar-refractivity contribution in [2.75, 3.05) is 32.8 Å². The molecule has 25 heavy (non-hydrogen) atoms. The van der Waals surface area contributed by atoms with Gasteiger partial charge in [-0.2, -0.15) is 0 Å². The lowest BCUT2D eigenvalue weighted by molar-refractivity contribution is 0.0562. The molecule has 0 spiro atoms. The molecule has 132 valence electrons. The van der Waals surface area contributed by atoms with Crippen molar-refractivity contribution in [1.29, 1.82) is 0 Å². The Balaban J connectivity index is 1.63. The molecule has 7 nitrogen and oxygen atoms in total. The maximum atomic E-state index is 13.0. The van der Waals surface area contributed by atoms with Crippen LogP contribution in [0.5, 0.6) is 0 Å². The molecule has 1 fully saturated rings. The van der Waals surface area contributed by atoms with Crippen LogP contribution < -0.4 is 0 Å². The molecule has 0 radical (unpaired) electrons. The fourth-order valence-corrected chi connectivity index (χ4v) is 2.60. The van der Waals surface area contributed by atoms with Crippen molar-refractivity contribution >= 4 is 12.0 Å². The van der Waals surface area contributed by atoms with Crippen molar-refractivity contribution in [3.8, 4) is 11.3 Å². The van der Waals surface area contributed by atoms with E-state index in [0.29, 0.717) is 44.1 Å². The first-order valence-corrected chi connectivity index (χ1v) is 8.02. The number of amides is 2. The summed E-state index contributed by atoms with van der Waals surface area (Å²) in [5.41, 5.74) is 0.823. The summed E-state index contributed by atoms with van der Waals surface area (Å²) in [5, 5.41) is 3.81. The molecule has 2 amide bonds. The van der Waals surface area contributed by atoms with Gasteiger partial charge in [0, 0.05) is 37.8 Å². The van der Waals surface area contributed by atoms with E-state index >= 15 is 0 Å². The summed E-state index contributed by atoms with van der Waals surface area (Å²) in [6.45, 7) is 3.69. The molecule has 1 aliphatic rings. The molecular formula is C17H18FN3O4. The molecule has 2 heterocycles. The van der Waals surface area contributed by atoms with Crippen molar-refractivity contribution in [2.24, 2.45) is 0 Å². The summed E-state index contributed by atoms with van der Waals surface area (Å²) >= 11 is 0. The Hall–Kier alpha value is -2.90. The van der Waals surface area contributed by atoms with Gasteiger partial charge in [-0.05, 0) is 31.2 Å². The summed E-state index contributed by atoms with van der Waals surface area (Å²) in [7, 11) is 0. The molecule has 8 heteroatoms. The lowest BCUT2D eigenvalue weighted by Crippen LogP contribution is -2.50. The van der Waals surface area contributed by atoms with Crippen LogP contribution in [0.3, 0.4) is 0 Å². The van der Waals surface area contributed by atoms with Crippen LogP contribution in [0, 0.1) is 5.82 Å². The highest BCUT2D eigenvalue weighted by atomic mass is 19.1. The molecule has 1 saturated heterocycles. The predicted molar refractivity (Wildman–Crippen MR) is 86.4 cm³/mol. The topological polar surface area (TPSA) is 75.9 Å². The monoisotopic (exact) mass is 347 g/mol. The lowest BCUT2D eigenvalue weighted by atomic mass is 10.1. The quantitative estimate of drug-likeness (QED) is 0.852. The van der Waals surface area contributed by atoms with E-state index in [0.717, 1.165) is 0 Å². The SMILES string of the molecule is CCOC(=O)N1CCN(C(=O)c2cc(-c3ccc(F)cc3)on2)CC1. The molecule has 0 atom stereocenters. The standard InChI is InChI=1S/C17H18FN3O4/c1-2-24-17(23)21-9-7-20(8-10-21)16(22)14-11-15(25-19-14)12-3-5-13(18)6-4-12/h3-6,11H,2,7-10H2,1H3. The number of carbonyl (C=O) groups excluding carboxylic acids is 2. The molecule has 0 bridgehead atoms. The zero-order valence-electron chi connectivity index (χ0n) is 13.8. The van der Waals surface area contributed by atoms with Gasteiger partial charge in [-0.15, -0.1) is 0 Å². The molecule has 1 aromatic heterocycles. The number of hydrogen-bond acceptors (Lipinski definition) is 5. The third-order valence-electron chi connectivity index (χ3n) is 3.95. The third-order valence-corrected chi connectivity index (χ3v) is 3.95. The van der Waals surface area contributed by atoms with Crippen LogP contribution in [0.2, 0.25) is 0 Å². The first-order valence-electron chi connectivity index (χ1n) is 8.02. The highest BCUT2D eigenvalue weighted by Crippen LogP contribution is 2.21. The largest absolute Gasteiger partial charge is 0.450 e. The molecule has 0 saturated carbocycles. The van der Waals surface area contributed by atoms with Crippen molar-refractivity contribution in [2.45, 2.75) is 6.92 Å². The molecule has 2 aromatic rings. The van der Waals surface area contributed by atoms with E-state index in [1.807, 2.05) is 0 Å². The average molecular weight is 347 g/mol. The number of piperazine rings is 1. The highest BCUT2D eigenvalue weighted by Gasteiger charge is 2.27. The van der Waals surface area contributed by atoms with Crippen LogP contribution in [0.25, 0.3) is 11.3 Å². The van der Waals surface area contributed by atoms with E-state index in [1.54, 1.807) is 28.9 Å². The number of rotatable bonds is 3. The Bertz CT molecular complexity index is 752. The Kier molecular flexibility index (Phi) is 4.97. The Morgan fingerprint density at radius 3 is 2.44 bits per heavy atom. The molecule has 3 rings (SSSR count). The van der Waals surface area contributed by atoms with Gasteiger partial charge in [-0.3, -0.25) is 4.79 Å². The van der Waals surface area contributed by atoms with E-state index in [2.05, 4.69) is 5.16 Å². The fourth-order valence-electron chi connectivity index (χ4n) is 2.60. The minimum Gasteiger partial charge on any atom is -0.450 e. The zero-order valence-corrected chi connectivity index (χ0v) is 13.8. The van der Waals surface area contributed by atoms with Gasteiger partial charge in [-0.1, -0.05) is 5.16 Å².